The van der Waals surface area contributed by atoms with Crippen LogP contribution in [0.15, 0.2) is 0 Å². The zero-order valence-corrected chi connectivity index (χ0v) is 9.54. The van der Waals surface area contributed by atoms with Gasteiger partial charge >= 0.3 is 11.9 Å². The van der Waals surface area contributed by atoms with E-state index in [1.807, 2.05) is 13.8 Å². The molecule has 0 aromatic carbocycles. The molecule has 0 aliphatic carbocycles. The van der Waals surface area contributed by atoms with Crippen LogP contribution in [0.5, 0.6) is 0 Å². The first kappa shape index (κ1) is 13.4. The van der Waals surface area contributed by atoms with Crippen molar-refractivity contribution >= 4 is 17.8 Å². The molecular formula is C10H15NO6. The standard InChI is InChI=1S/C10H15NO6/c1-4(2)3-5(9(13)14)11-8(12)6-7(17-6)10(15)16/h4-7H,3H2,1-2H3,(H,11,12)(H,13,14)(H,15,16)/t5-,6?,7?/m0/s1. The van der Waals surface area contributed by atoms with Gasteiger partial charge in [0.1, 0.15) is 6.04 Å². The number of amides is 1. The second-order valence-corrected chi connectivity index (χ2v) is 4.34. The number of ether oxygens (including phenoxy) is 1. The van der Waals surface area contributed by atoms with Gasteiger partial charge in [-0.1, -0.05) is 13.8 Å². The number of nitrogens with one attached hydrogen (secondary N) is 1. The molecule has 0 radical (unpaired) electrons. The van der Waals surface area contributed by atoms with E-state index in [1.165, 1.54) is 0 Å². The summed E-state index contributed by atoms with van der Waals surface area (Å²) in [6.45, 7) is 3.66. The molecule has 0 spiro atoms. The van der Waals surface area contributed by atoms with Crippen LogP contribution < -0.4 is 5.32 Å². The lowest BCUT2D eigenvalue weighted by atomic mass is 10.0. The Morgan fingerprint density at radius 3 is 2.18 bits per heavy atom. The van der Waals surface area contributed by atoms with E-state index in [1.54, 1.807) is 0 Å². The highest BCUT2D eigenvalue weighted by Crippen LogP contribution is 2.22. The van der Waals surface area contributed by atoms with Gasteiger partial charge in [-0.2, -0.15) is 0 Å². The lowest BCUT2D eigenvalue weighted by Gasteiger charge is -2.15. The minimum absolute atomic E-state index is 0.104. The van der Waals surface area contributed by atoms with E-state index in [-0.39, 0.29) is 12.3 Å². The molecule has 2 unspecified atom stereocenters. The molecule has 1 rings (SSSR count). The molecule has 1 saturated heterocycles. The number of carboxylic acids is 2. The van der Waals surface area contributed by atoms with Gasteiger partial charge in [-0.15, -0.1) is 0 Å². The minimum Gasteiger partial charge on any atom is -0.480 e. The largest absolute Gasteiger partial charge is 0.480 e. The van der Waals surface area contributed by atoms with Crippen LogP contribution in [0.2, 0.25) is 0 Å². The summed E-state index contributed by atoms with van der Waals surface area (Å²) in [5.41, 5.74) is 0. The summed E-state index contributed by atoms with van der Waals surface area (Å²) in [6.07, 6.45) is -1.93. The summed E-state index contributed by atoms with van der Waals surface area (Å²) in [4.78, 5) is 32.8. The number of carbonyl (C=O) groups excluding carboxylic acids is 1. The van der Waals surface area contributed by atoms with E-state index in [9.17, 15) is 14.4 Å². The van der Waals surface area contributed by atoms with Gasteiger partial charge in [0.15, 0.2) is 12.2 Å². The second kappa shape index (κ2) is 5.13. The highest BCUT2D eigenvalue weighted by Gasteiger charge is 2.51. The summed E-state index contributed by atoms with van der Waals surface area (Å²) in [5.74, 6) is -2.95. The Labute approximate surface area is 97.8 Å². The topological polar surface area (TPSA) is 116 Å². The molecule has 1 aliphatic heterocycles. The molecule has 0 aromatic heterocycles. The van der Waals surface area contributed by atoms with Crippen molar-refractivity contribution < 1.29 is 29.3 Å². The Balaban J connectivity index is 2.48. The molecule has 1 aliphatic rings. The van der Waals surface area contributed by atoms with Crippen LogP contribution in [0.25, 0.3) is 0 Å². The molecule has 17 heavy (non-hydrogen) atoms. The van der Waals surface area contributed by atoms with Crippen molar-refractivity contribution in [1.82, 2.24) is 5.32 Å². The van der Waals surface area contributed by atoms with E-state index < -0.39 is 36.1 Å². The average molecular weight is 245 g/mol. The molecule has 0 aromatic rings. The highest BCUT2D eigenvalue weighted by molar-refractivity contribution is 5.94. The van der Waals surface area contributed by atoms with Gasteiger partial charge in [-0.3, -0.25) is 4.79 Å². The number of rotatable bonds is 6. The maximum absolute atomic E-state index is 11.5. The van der Waals surface area contributed by atoms with Crippen LogP contribution in [0.4, 0.5) is 0 Å². The third-order valence-electron chi connectivity index (χ3n) is 2.32. The number of hydrogen-bond acceptors (Lipinski definition) is 4. The molecule has 1 heterocycles. The second-order valence-electron chi connectivity index (χ2n) is 4.34. The Morgan fingerprint density at radius 1 is 1.24 bits per heavy atom. The Hall–Kier alpha value is -1.63. The van der Waals surface area contributed by atoms with Crippen molar-refractivity contribution in [2.75, 3.05) is 0 Å². The maximum atomic E-state index is 11.5. The third-order valence-corrected chi connectivity index (χ3v) is 2.32. The van der Waals surface area contributed by atoms with Gasteiger partial charge in [0.2, 0.25) is 0 Å². The van der Waals surface area contributed by atoms with Crippen molar-refractivity contribution in [3.05, 3.63) is 0 Å². The van der Waals surface area contributed by atoms with Crippen molar-refractivity contribution in [1.29, 1.82) is 0 Å². The average Bonchev–Trinajstić information content (AvgIpc) is 2.94. The fraction of sp³-hybridized carbons (Fsp3) is 0.700. The molecule has 0 saturated carbocycles. The normalized spacial score (nSPS) is 24.2. The Bertz CT molecular complexity index is 340. The number of carboxylic acid groups (broad SMARTS) is 2. The van der Waals surface area contributed by atoms with Crippen LogP contribution in [-0.2, 0) is 19.1 Å². The van der Waals surface area contributed by atoms with Gasteiger partial charge in [0.25, 0.3) is 5.91 Å². The molecule has 96 valence electrons. The quantitative estimate of drug-likeness (QED) is 0.541. The van der Waals surface area contributed by atoms with Gasteiger partial charge in [0, 0.05) is 0 Å². The zero-order valence-electron chi connectivity index (χ0n) is 9.54. The van der Waals surface area contributed by atoms with E-state index in [0.29, 0.717) is 0 Å². The van der Waals surface area contributed by atoms with E-state index >= 15 is 0 Å². The molecule has 3 atom stereocenters. The first-order valence-corrected chi connectivity index (χ1v) is 5.24. The lowest BCUT2D eigenvalue weighted by Crippen LogP contribution is -2.44. The molecular weight excluding hydrogens is 230 g/mol. The summed E-state index contributed by atoms with van der Waals surface area (Å²) >= 11 is 0. The number of aliphatic carboxylic acids is 2. The predicted octanol–water partition coefficient (Wildman–Crippen LogP) is -0.546. The Kier molecular flexibility index (Phi) is 4.06. The van der Waals surface area contributed by atoms with E-state index in [4.69, 9.17) is 10.2 Å². The van der Waals surface area contributed by atoms with Crippen LogP contribution >= 0.6 is 0 Å². The van der Waals surface area contributed by atoms with Crippen LogP contribution in [-0.4, -0.2) is 46.3 Å². The van der Waals surface area contributed by atoms with Crippen molar-refractivity contribution in [2.45, 2.75) is 38.5 Å². The van der Waals surface area contributed by atoms with Gasteiger partial charge in [-0.25, -0.2) is 9.59 Å². The Morgan fingerprint density at radius 2 is 1.82 bits per heavy atom. The predicted molar refractivity (Wildman–Crippen MR) is 55.3 cm³/mol. The van der Waals surface area contributed by atoms with Gasteiger partial charge in [0.05, 0.1) is 0 Å². The first-order valence-electron chi connectivity index (χ1n) is 5.24. The van der Waals surface area contributed by atoms with Gasteiger partial charge in [-0.05, 0) is 12.3 Å². The summed E-state index contributed by atoms with van der Waals surface area (Å²) in [6, 6.07) is -1.01. The van der Waals surface area contributed by atoms with Crippen molar-refractivity contribution in [3.63, 3.8) is 0 Å². The molecule has 1 fully saturated rings. The number of epoxide rings is 1. The summed E-state index contributed by atoms with van der Waals surface area (Å²) in [5, 5.41) is 19.7. The fourth-order valence-corrected chi connectivity index (χ4v) is 1.45. The first-order chi connectivity index (χ1) is 7.82. The monoisotopic (exact) mass is 245 g/mol. The van der Waals surface area contributed by atoms with Crippen LogP contribution in [0.1, 0.15) is 20.3 Å². The highest BCUT2D eigenvalue weighted by atomic mass is 16.6. The lowest BCUT2D eigenvalue weighted by molar-refractivity contribution is -0.142. The third kappa shape index (κ3) is 3.70. The van der Waals surface area contributed by atoms with E-state index in [0.717, 1.165) is 0 Å². The van der Waals surface area contributed by atoms with E-state index in [2.05, 4.69) is 10.1 Å². The summed E-state index contributed by atoms with van der Waals surface area (Å²) < 4.78 is 4.62. The van der Waals surface area contributed by atoms with Gasteiger partial charge < -0.3 is 20.3 Å². The van der Waals surface area contributed by atoms with Crippen LogP contribution in [0.3, 0.4) is 0 Å². The molecule has 0 bridgehead atoms. The maximum Gasteiger partial charge on any atom is 0.336 e. The fourth-order valence-electron chi connectivity index (χ4n) is 1.45. The summed E-state index contributed by atoms with van der Waals surface area (Å²) in [7, 11) is 0. The smallest absolute Gasteiger partial charge is 0.336 e. The minimum atomic E-state index is -1.22. The SMILES string of the molecule is CC(C)C[C@H](NC(=O)C1OC1C(=O)O)C(=O)O. The molecule has 1 amide bonds. The van der Waals surface area contributed by atoms with Crippen molar-refractivity contribution in [3.8, 4) is 0 Å². The zero-order chi connectivity index (χ0) is 13.2. The molecule has 7 heteroatoms. The van der Waals surface area contributed by atoms with Crippen LogP contribution in [0, 0.1) is 5.92 Å². The van der Waals surface area contributed by atoms with Crippen molar-refractivity contribution in [2.24, 2.45) is 5.92 Å². The molecule has 7 nitrogen and oxygen atoms in total. The number of carbonyl (C=O) groups is 3. The molecule has 3 N–H and O–H groups in total. The number of hydrogen-bond donors (Lipinski definition) is 3.